The number of rotatable bonds is 3. The van der Waals surface area contributed by atoms with Crippen LogP contribution in [0, 0.1) is 0 Å². The average Bonchev–Trinajstić information content (AvgIpc) is 2.39. The van der Waals surface area contributed by atoms with Gasteiger partial charge in [-0.25, -0.2) is 9.97 Å². The Bertz CT molecular complexity index is 495. The largest absolute Gasteiger partial charge is 0.496 e. The number of hydrogen-bond donors (Lipinski definition) is 0. The van der Waals surface area contributed by atoms with Crippen molar-refractivity contribution >= 4 is 6.29 Å². The fraction of sp³-hybridized carbons (Fsp3) is 0.0833. The van der Waals surface area contributed by atoms with Crippen LogP contribution in [0.2, 0.25) is 0 Å². The quantitative estimate of drug-likeness (QED) is 0.733. The third-order valence-electron chi connectivity index (χ3n) is 2.16. The van der Waals surface area contributed by atoms with Gasteiger partial charge in [0.15, 0.2) is 12.1 Å². The lowest BCUT2D eigenvalue weighted by Gasteiger charge is -2.06. The van der Waals surface area contributed by atoms with Crippen molar-refractivity contribution in [1.82, 2.24) is 9.97 Å². The zero-order chi connectivity index (χ0) is 11.4. The minimum Gasteiger partial charge on any atom is -0.496 e. The minimum absolute atomic E-state index is 0.457. The van der Waals surface area contributed by atoms with Gasteiger partial charge in [0.1, 0.15) is 5.75 Å². The maximum absolute atomic E-state index is 10.5. The third-order valence-corrected chi connectivity index (χ3v) is 2.16. The number of carbonyl (C=O) groups excluding carboxylic acids is 1. The first-order chi connectivity index (χ1) is 7.85. The van der Waals surface area contributed by atoms with E-state index < -0.39 is 0 Å². The van der Waals surface area contributed by atoms with Crippen molar-refractivity contribution in [2.75, 3.05) is 7.11 Å². The molecule has 0 radical (unpaired) electrons. The van der Waals surface area contributed by atoms with Gasteiger partial charge in [0.05, 0.1) is 18.2 Å². The predicted molar refractivity (Wildman–Crippen MR) is 59.4 cm³/mol. The number of aldehydes is 1. The van der Waals surface area contributed by atoms with Gasteiger partial charge in [0.2, 0.25) is 0 Å². The second kappa shape index (κ2) is 4.53. The molecule has 1 aromatic carbocycles. The molecule has 0 aliphatic rings. The molecule has 1 heterocycles. The number of benzene rings is 1. The van der Waals surface area contributed by atoms with Gasteiger partial charge in [0.25, 0.3) is 0 Å². The summed E-state index contributed by atoms with van der Waals surface area (Å²) in [5, 5.41) is 0. The molecule has 4 heteroatoms. The van der Waals surface area contributed by atoms with E-state index in [-0.39, 0.29) is 0 Å². The molecule has 2 aromatic rings. The van der Waals surface area contributed by atoms with E-state index in [1.54, 1.807) is 7.11 Å². The van der Waals surface area contributed by atoms with Gasteiger partial charge < -0.3 is 4.74 Å². The number of carbonyl (C=O) groups is 1. The molecule has 0 aliphatic heterocycles. The van der Waals surface area contributed by atoms with Crippen molar-refractivity contribution < 1.29 is 9.53 Å². The van der Waals surface area contributed by atoms with Crippen LogP contribution in [0.3, 0.4) is 0 Å². The number of aromatic nitrogens is 2. The fourth-order valence-corrected chi connectivity index (χ4v) is 1.37. The molecular formula is C12H10N2O2. The smallest absolute Gasteiger partial charge is 0.162 e. The molecule has 0 spiro atoms. The molecule has 0 aliphatic carbocycles. The Morgan fingerprint density at radius 1 is 1.19 bits per heavy atom. The first kappa shape index (κ1) is 10.3. The van der Waals surface area contributed by atoms with Crippen LogP contribution in [0.4, 0.5) is 0 Å². The number of nitrogens with zero attached hydrogens (tertiary/aromatic N) is 2. The first-order valence-corrected chi connectivity index (χ1v) is 4.76. The van der Waals surface area contributed by atoms with Crippen molar-refractivity contribution in [3.63, 3.8) is 0 Å². The molecule has 80 valence electrons. The highest BCUT2D eigenvalue weighted by Crippen LogP contribution is 2.25. The van der Waals surface area contributed by atoms with Gasteiger partial charge in [-0.15, -0.1) is 0 Å². The lowest BCUT2D eigenvalue weighted by atomic mass is 10.2. The number of ether oxygens (including phenoxy) is 1. The Hall–Kier alpha value is -2.23. The summed E-state index contributed by atoms with van der Waals surface area (Å²) < 4.78 is 5.21. The zero-order valence-electron chi connectivity index (χ0n) is 8.75. The highest BCUT2D eigenvalue weighted by atomic mass is 16.5. The second-order valence-electron chi connectivity index (χ2n) is 3.16. The van der Waals surface area contributed by atoms with Gasteiger partial charge in [-0.2, -0.15) is 0 Å². The van der Waals surface area contributed by atoms with E-state index in [4.69, 9.17) is 4.74 Å². The molecule has 16 heavy (non-hydrogen) atoms. The number of hydrogen-bond acceptors (Lipinski definition) is 4. The van der Waals surface area contributed by atoms with Crippen LogP contribution in [0.25, 0.3) is 11.4 Å². The summed E-state index contributed by atoms with van der Waals surface area (Å²) >= 11 is 0. The zero-order valence-corrected chi connectivity index (χ0v) is 8.75. The molecule has 4 nitrogen and oxygen atoms in total. The summed E-state index contributed by atoms with van der Waals surface area (Å²) in [7, 11) is 1.60. The molecule has 0 saturated heterocycles. The Kier molecular flexibility index (Phi) is 2.91. The molecular weight excluding hydrogens is 204 g/mol. The SMILES string of the molecule is COc1ccccc1-c1ncc(C=O)cn1. The van der Waals surface area contributed by atoms with Crippen molar-refractivity contribution in [1.29, 1.82) is 0 Å². The van der Waals surface area contributed by atoms with Gasteiger partial charge in [-0.3, -0.25) is 4.79 Å². The maximum Gasteiger partial charge on any atom is 0.162 e. The van der Waals surface area contributed by atoms with Crippen LogP contribution in [0.15, 0.2) is 36.7 Å². The van der Waals surface area contributed by atoms with E-state index in [0.717, 1.165) is 5.56 Å². The molecule has 0 amide bonds. The molecule has 1 aromatic heterocycles. The fourth-order valence-electron chi connectivity index (χ4n) is 1.37. The third kappa shape index (κ3) is 1.91. The monoisotopic (exact) mass is 214 g/mol. The summed E-state index contributed by atoms with van der Waals surface area (Å²) in [6.45, 7) is 0. The standard InChI is InChI=1S/C12H10N2O2/c1-16-11-5-3-2-4-10(11)12-13-6-9(8-15)7-14-12/h2-8H,1H3. The Morgan fingerprint density at radius 3 is 2.50 bits per heavy atom. The maximum atomic E-state index is 10.5. The Balaban J connectivity index is 2.45. The summed E-state index contributed by atoms with van der Waals surface area (Å²) in [6.07, 6.45) is 3.69. The van der Waals surface area contributed by atoms with E-state index in [0.29, 0.717) is 23.4 Å². The van der Waals surface area contributed by atoms with Crippen LogP contribution >= 0.6 is 0 Å². The lowest BCUT2D eigenvalue weighted by Crippen LogP contribution is -1.94. The Labute approximate surface area is 92.9 Å². The van der Waals surface area contributed by atoms with Crippen LogP contribution in [-0.2, 0) is 0 Å². The van der Waals surface area contributed by atoms with Crippen LogP contribution in [0.5, 0.6) is 5.75 Å². The van der Waals surface area contributed by atoms with Crippen LogP contribution in [0.1, 0.15) is 10.4 Å². The van der Waals surface area contributed by atoms with E-state index in [9.17, 15) is 4.79 Å². The summed E-state index contributed by atoms with van der Waals surface area (Å²) in [6, 6.07) is 7.47. The van der Waals surface area contributed by atoms with Gasteiger partial charge in [-0.05, 0) is 12.1 Å². The molecule has 0 saturated carbocycles. The molecule has 2 rings (SSSR count). The average molecular weight is 214 g/mol. The van der Waals surface area contributed by atoms with E-state index in [2.05, 4.69) is 9.97 Å². The molecule has 0 bridgehead atoms. The second-order valence-corrected chi connectivity index (χ2v) is 3.16. The van der Waals surface area contributed by atoms with Crippen molar-refractivity contribution in [2.45, 2.75) is 0 Å². The summed E-state index contributed by atoms with van der Waals surface area (Å²) in [5.74, 6) is 1.25. The lowest BCUT2D eigenvalue weighted by molar-refractivity contribution is 0.112. The summed E-state index contributed by atoms with van der Waals surface area (Å²) in [5.41, 5.74) is 1.26. The number of para-hydroxylation sites is 1. The normalized spacial score (nSPS) is 9.81. The van der Waals surface area contributed by atoms with E-state index in [1.807, 2.05) is 24.3 Å². The van der Waals surface area contributed by atoms with Crippen LogP contribution in [-0.4, -0.2) is 23.4 Å². The topological polar surface area (TPSA) is 52.1 Å². The molecule has 0 unspecified atom stereocenters. The highest BCUT2D eigenvalue weighted by molar-refractivity contribution is 5.74. The van der Waals surface area contributed by atoms with Gasteiger partial charge in [0, 0.05) is 12.4 Å². The van der Waals surface area contributed by atoms with Gasteiger partial charge in [-0.1, -0.05) is 12.1 Å². The van der Waals surface area contributed by atoms with Gasteiger partial charge >= 0.3 is 0 Å². The Morgan fingerprint density at radius 2 is 1.88 bits per heavy atom. The van der Waals surface area contributed by atoms with Crippen molar-refractivity contribution in [2.24, 2.45) is 0 Å². The first-order valence-electron chi connectivity index (χ1n) is 4.76. The van der Waals surface area contributed by atoms with E-state index in [1.165, 1.54) is 12.4 Å². The molecule has 0 fully saturated rings. The predicted octanol–water partition coefficient (Wildman–Crippen LogP) is 1.96. The van der Waals surface area contributed by atoms with E-state index >= 15 is 0 Å². The summed E-state index contributed by atoms with van der Waals surface area (Å²) in [4.78, 5) is 18.7. The molecule has 0 N–H and O–H groups in total. The minimum atomic E-state index is 0.457. The van der Waals surface area contributed by atoms with Crippen molar-refractivity contribution in [3.05, 3.63) is 42.2 Å². The highest BCUT2D eigenvalue weighted by Gasteiger charge is 2.06. The van der Waals surface area contributed by atoms with Crippen molar-refractivity contribution in [3.8, 4) is 17.1 Å². The molecule has 0 atom stereocenters. The van der Waals surface area contributed by atoms with Crippen LogP contribution < -0.4 is 4.74 Å². The number of methoxy groups -OCH3 is 1.